The summed E-state index contributed by atoms with van der Waals surface area (Å²) in [5.74, 6) is 0.565. The molecule has 0 amide bonds. The Bertz CT molecular complexity index is 1050. The molecule has 0 radical (unpaired) electrons. The van der Waals surface area contributed by atoms with Crippen molar-refractivity contribution in [1.82, 2.24) is 0 Å². The molecule has 0 unspecified atom stereocenters. The van der Waals surface area contributed by atoms with Crippen molar-refractivity contribution >= 4 is 21.5 Å². The van der Waals surface area contributed by atoms with Gasteiger partial charge in [0, 0.05) is 10.8 Å². The predicted molar refractivity (Wildman–Crippen MR) is 95.0 cm³/mol. The molecule has 4 aromatic rings. The highest BCUT2D eigenvalue weighted by Crippen LogP contribution is 2.39. The van der Waals surface area contributed by atoms with E-state index >= 15 is 0 Å². The molecule has 0 aliphatic carbocycles. The molecule has 2 nitrogen and oxygen atoms in total. The van der Waals surface area contributed by atoms with Crippen LogP contribution in [0, 0.1) is 6.92 Å². The van der Waals surface area contributed by atoms with E-state index in [1.807, 2.05) is 55.5 Å². The SMILES string of the molecule is Cc1ccc2c(O)ccc(-c3ccc(O)c4ccccc34)c2c1. The van der Waals surface area contributed by atoms with Gasteiger partial charge < -0.3 is 10.2 Å². The lowest BCUT2D eigenvalue weighted by atomic mass is 9.92. The Hall–Kier alpha value is -3.00. The summed E-state index contributed by atoms with van der Waals surface area (Å²) in [6, 6.07) is 21.2. The molecule has 0 aliphatic heterocycles. The van der Waals surface area contributed by atoms with Crippen LogP contribution in [0.4, 0.5) is 0 Å². The molecular weight excluding hydrogens is 284 g/mol. The van der Waals surface area contributed by atoms with Crippen LogP contribution in [0.5, 0.6) is 11.5 Å². The van der Waals surface area contributed by atoms with Crippen LogP contribution in [-0.2, 0) is 0 Å². The molecular formula is C21H16O2. The van der Waals surface area contributed by atoms with Crippen molar-refractivity contribution in [3.63, 3.8) is 0 Å². The van der Waals surface area contributed by atoms with Crippen molar-refractivity contribution in [1.29, 1.82) is 0 Å². The number of hydrogen-bond donors (Lipinski definition) is 2. The highest BCUT2D eigenvalue weighted by atomic mass is 16.3. The van der Waals surface area contributed by atoms with Crippen molar-refractivity contribution in [3.8, 4) is 22.6 Å². The minimum absolute atomic E-state index is 0.281. The average molecular weight is 300 g/mol. The van der Waals surface area contributed by atoms with Gasteiger partial charge in [0.2, 0.25) is 0 Å². The van der Waals surface area contributed by atoms with E-state index in [9.17, 15) is 10.2 Å². The van der Waals surface area contributed by atoms with Gasteiger partial charge in [-0.3, -0.25) is 0 Å². The number of rotatable bonds is 1. The maximum atomic E-state index is 10.2. The van der Waals surface area contributed by atoms with Gasteiger partial charge in [0.05, 0.1) is 0 Å². The summed E-state index contributed by atoms with van der Waals surface area (Å²) in [4.78, 5) is 0. The van der Waals surface area contributed by atoms with Crippen LogP contribution < -0.4 is 0 Å². The monoisotopic (exact) mass is 300 g/mol. The van der Waals surface area contributed by atoms with E-state index in [-0.39, 0.29) is 11.5 Å². The fourth-order valence-electron chi connectivity index (χ4n) is 3.20. The molecule has 0 saturated carbocycles. The second-order valence-corrected chi connectivity index (χ2v) is 5.86. The van der Waals surface area contributed by atoms with Crippen molar-refractivity contribution in [2.75, 3.05) is 0 Å². The van der Waals surface area contributed by atoms with Gasteiger partial charge >= 0.3 is 0 Å². The number of aromatic hydroxyl groups is 2. The largest absolute Gasteiger partial charge is 0.507 e. The summed E-state index contributed by atoms with van der Waals surface area (Å²) in [5.41, 5.74) is 3.25. The third kappa shape index (κ3) is 2.11. The standard InChI is InChI=1S/C21H16O2/c1-13-6-7-18-19(12-13)16(9-11-21(18)23)15-8-10-20(22)17-5-3-2-4-14(15)17/h2-12,22-23H,1H3. The summed E-state index contributed by atoms with van der Waals surface area (Å²) in [5, 5.41) is 23.9. The molecule has 0 fully saturated rings. The van der Waals surface area contributed by atoms with E-state index in [0.29, 0.717) is 0 Å². The number of hydrogen-bond acceptors (Lipinski definition) is 2. The van der Waals surface area contributed by atoms with E-state index in [2.05, 4.69) is 6.07 Å². The van der Waals surface area contributed by atoms with Crippen LogP contribution in [0.15, 0.2) is 66.7 Å². The summed E-state index contributed by atoms with van der Waals surface area (Å²) >= 11 is 0. The van der Waals surface area contributed by atoms with Crippen molar-refractivity contribution in [2.24, 2.45) is 0 Å². The number of aryl methyl sites for hydroxylation is 1. The van der Waals surface area contributed by atoms with Gasteiger partial charge in [0.25, 0.3) is 0 Å². The summed E-state index contributed by atoms with van der Waals surface area (Å²) in [6.45, 7) is 2.04. The van der Waals surface area contributed by atoms with E-state index in [0.717, 1.165) is 38.2 Å². The summed E-state index contributed by atoms with van der Waals surface area (Å²) in [7, 11) is 0. The first-order chi connectivity index (χ1) is 11.1. The third-order valence-electron chi connectivity index (χ3n) is 4.34. The second-order valence-electron chi connectivity index (χ2n) is 5.86. The Balaban J connectivity index is 2.14. The highest BCUT2D eigenvalue weighted by Gasteiger charge is 2.11. The number of benzene rings is 4. The minimum Gasteiger partial charge on any atom is -0.507 e. The first-order valence-electron chi connectivity index (χ1n) is 7.58. The van der Waals surface area contributed by atoms with Crippen LogP contribution in [0.1, 0.15) is 5.56 Å². The average Bonchev–Trinajstić information content (AvgIpc) is 2.56. The first kappa shape index (κ1) is 13.6. The quantitative estimate of drug-likeness (QED) is 0.495. The zero-order chi connectivity index (χ0) is 16.0. The minimum atomic E-state index is 0.281. The van der Waals surface area contributed by atoms with Gasteiger partial charge in [-0.25, -0.2) is 0 Å². The molecule has 0 spiro atoms. The lowest BCUT2D eigenvalue weighted by Crippen LogP contribution is -1.86. The normalized spacial score (nSPS) is 11.2. The van der Waals surface area contributed by atoms with Crippen LogP contribution in [0.3, 0.4) is 0 Å². The smallest absolute Gasteiger partial charge is 0.123 e. The molecule has 112 valence electrons. The zero-order valence-corrected chi connectivity index (χ0v) is 12.7. The Labute approximate surface area is 134 Å². The topological polar surface area (TPSA) is 40.5 Å². The first-order valence-corrected chi connectivity index (χ1v) is 7.58. The fourth-order valence-corrected chi connectivity index (χ4v) is 3.20. The van der Waals surface area contributed by atoms with E-state index in [1.165, 1.54) is 0 Å². The van der Waals surface area contributed by atoms with Crippen LogP contribution in [-0.4, -0.2) is 10.2 Å². The van der Waals surface area contributed by atoms with Gasteiger partial charge in [0.15, 0.2) is 0 Å². The van der Waals surface area contributed by atoms with Gasteiger partial charge in [-0.1, -0.05) is 60.2 Å². The van der Waals surface area contributed by atoms with Crippen molar-refractivity contribution in [3.05, 3.63) is 72.3 Å². The van der Waals surface area contributed by atoms with Crippen LogP contribution in [0.25, 0.3) is 32.7 Å². The number of phenols is 2. The Morgan fingerprint density at radius 2 is 1.13 bits per heavy atom. The predicted octanol–water partition coefficient (Wildman–Crippen LogP) is 5.38. The molecule has 0 saturated heterocycles. The van der Waals surface area contributed by atoms with E-state index in [4.69, 9.17) is 0 Å². The van der Waals surface area contributed by atoms with E-state index < -0.39 is 0 Å². The molecule has 2 N–H and O–H groups in total. The molecule has 2 heteroatoms. The number of phenolic OH excluding ortho intramolecular Hbond substituents is 2. The Morgan fingerprint density at radius 3 is 1.83 bits per heavy atom. The second kappa shape index (κ2) is 5.03. The Kier molecular flexibility index (Phi) is 2.98. The molecule has 0 atom stereocenters. The molecule has 4 rings (SSSR count). The van der Waals surface area contributed by atoms with Gasteiger partial charge in [-0.2, -0.15) is 0 Å². The lowest BCUT2D eigenvalue weighted by Gasteiger charge is -2.13. The van der Waals surface area contributed by atoms with Crippen LogP contribution >= 0.6 is 0 Å². The molecule has 0 bridgehead atoms. The van der Waals surface area contributed by atoms with E-state index in [1.54, 1.807) is 12.1 Å². The summed E-state index contributed by atoms with van der Waals surface area (Å²) < 4.78 is 0. The molecule has 23 heavy (non-hydrogen) atoms. The molecule has 4 aromatic carbocycles. The van der Waals surface area contributed by atoms with Crippen molar-refractivity contribution in [2.45, 2.75) is 6.92 Å². The fraction of sp³-hybridized carbons (Fsp3) is 0.0476. The lowest BCUT2D eigenvalue weighted by molar-refractivity contribution is 0.481. The molecule has 0 aliphatic rings. The Morgan fingerprint density at radius 1 is 0.565 bits per heavy atom. The zero-order valence-electron chi connectivity index (χ0n) is 12.7. The van der Waals surface area contributed by atoms with Gasteiger partial charge in [-0.15, -0.1) is 0 Å². The molecule has 0 aromatic heterocycles. The van der Waals surface area contributed by atoms with Gasteiger partial charge in [0.1, 0.15) is 11.5 Å². The molecule has 0 heterocycles. The maximum absolute atomic E-state index is 10.2. The number of fused-ring (bicyclic) bond motifs is 2. The van der Waals surface area contributed by atoms with Crippen molar-refractivity contribution < 1.29 is 10.2 Å². The summed E-state index contributed by atoms with van der Waals surface area (Å²) in [6.07, 6.45) is 0. The highest BCUT2D eigenvalue weighted by molar-refractivity contribution is 6.08. The van der Waals surface area contributed by atoms with Crippen LogP contribution in [0.2, 0.25) is 0 Å². The van der Waals surface area contributed by atoms with Gasteiger partial charge in [-0.05, 0) is 41.0 Å². The third-order valence-corrected chi connectivity index (χ3v) is 4.34. The maximum Gasteiger partial charge on any atom is 0.123 e.